The molecular weight excluding hydrogens is 418 g/mol. The summed E-state index contributed by atoms with van der Waals surface area (Å²) in [6.45, 7) is 9.44. The van der Waals surface area contributed by atoms with Gasteiger partial charge < -0.3 is 24.3 Å². The number of carbonyl (C=O) groups excluding carboxylic acids is 1. The van der Waals surface area contributed by atoms with Crippen LogP contribution in [0.15, 0.2) is 47.8 Å². The van der Waals surface area contributed by atoms with Gasteiger partial charge in [0, 0.05) is 35.5 Å². The lowest BCUT2D eigenvalue weighted by Gasteiger charge is -2.31. The predicted molar refractivity (Wildman–Crippen MR) is 129 cm³/mol. The van der Waals surface area contributed by atoms with Gasteiger partial charge in [-0.05, 0) is 44.7 Å². The van der Waals surface area contributed by atoms with Crippen molar-refractivity contribution in [2.24, 2.45) is 5.92 Å². The quantitative estimate of drug-likeness (QED) is 0.533. The molecule has 0 spiro atoms. The average Bonchev–Trinajstić information content (AvgIpc) is 3.11. The minimum atomic E-state index is -0.266. The second-order valence-electron chi connectivity index (χ2n) is 8.53. The maximum Gasteiger partial charge on any atom is 0.256 e. The van der Waals surface area contributed by atoms with E-state index in [-0.39, 0.29) is 24.1 Å². The number of aryl methyl sites for hydroxylation is 1. The molecule has 0 radical (unpaired) electrons. The van der Waals surface area contributed by atoms with E-state index in [2.05, 4.69) is 21.4 Å². The summed E-state index contributed by atoms with van der Waals surface area (Å²) in [5.41, 5.74) is 3.33. The number of ether oxygens (including phenoxy) is 2. The van der Waals surface area contributed by atoms with E-state index in [4.69, 9.17) is 9.47 Å². The molecule has 2 N–H and O–H groups in total. The first-order valence-corrected chi connectivity index (χ1v) is 11.3. The highest BCUT2D eigenvalue weighted by atomic mass is 16.5. The standard InChI is InChI=1S/C26H31N3O4/c1-5-21(18-10-12-33-13-11-18)29-17(3)24(19-8-6-7-9-22(19)29)26(31)27-15-20-23(32-4)14-16(2)28-25(20)30/h5-9,14,18,21H,1,10-13,15H2,2-4H3,(H,27,31)(H,28,30)/t21-/m1/s1. The van der Waals surface area contributed by atoms with Crippen LogP contribution in [0, 0.1) is 19.8 Å². The van der Waals surface area contributed by atoms with Crippen molar-refractivity contribution in [1.82, 2.24) is 14.9 Å². The fraction of sp³-hybridized carbons (Fsp3) is 0.385. The number of allylic oxidation sites excluding steroid dienone is 1. The fourth-order valence-electron chi connectivity index (χ4n) is 4.92. The molecule has 3 aromatic rings. The van der Waals surface area contributed by atoms with Crippen LogP contribution >= 0.6 is 0 Å². The molecule has 0 aliphatic carbocycles. The molecule has 1 amide bonds. The Morgan fingerprint density at radius 3 is 2.76 bits per heavy atom. The van der Waals surface area contributed by atoms with Gasteiger partial charge in [-0.1, -0.05) is 24.3 Å². The molecular formula is C26H31N3O4. The monoisotopic (exact) mass is 449 g/mol. The normalized spacial score (nSPS) is 15.4. The number of rotatable bonds is 7. The van der Waals surface area contributed by atoms with Crippen LogP contribution in [0.4, 0.5) is 0 Å². The van der Waals surface area contributed by atoms with E-state index < -0.39 is 0 Å². The molecule has 7 nitrogen and oxygen atoms in total. The van der Waals surface area contributed by atoms with Crippen LogP contribution in [-0.4, -0.2) is 35.8 Å². The van der Waals surface area contributed by atoms with Gasteiger partial charge in [0.2, 0.25) is 0 Å². The molecule has 7 heteroatoms. The Hall–Kier alpha value is -3.32. The highest BCUT2D eigenvalue weighted by molar-refractivity contribution is 6.08. The fourth-order valence-corrected chi connectivity index (χ4v) is 4.92. The molecule has 1 fully saturated rings. The smallest absolute Gasteiger partial charge is 0.256 e. The number of pyridine rings is 1. The number of carbonyl (C=O) groups is 1. The molecule has 0 unspecified atom stereocenters. The third-order valence-corrected chi connectivity index (χ3v) is 6.55. The van der Waals surface area contributed by atoms with Gasteiger partial charge in [0.15, 0.2) is 0 Å². The van der Waals surface area contributed by atoms with Gasteiger partial charge in [-0.3, -0.25) is 9.59 Å². The van der Waals surface area contributed by atoms with Crippen molar-refractivity contribution in [3.8, 4) is 5.75 Å². The zero-order valence-electron chi connectivity index (χ0n) is 19.4. The molecule has 1 aliphatic rings. The number of H-pyrrole nitrogens is 1. The van der Waals surface area contributed by atoms with E-state index in [1.54, 1.807) is 13.0 Å². The second-order valence-corrected chi connectivity index (χ2v) is 8.53. The van der Waals surface area contributed by atoms with Gasteiger partial charge >= 0.3 is 0 Å². The maximum absolute atomic E-state index is 13.4. The summed E-state index contributed by atoms with van der Waals surface area (Å²) in [5.74, 6) is 0.637. The van der Waals surface area contributed by atoms with Gasteiger partial charge in [0.1, 0.15) is 5.75 Å². The van der Waals surface area contributed by atoms with E-state index in [1.807, 2.05) is 37.3 Å². The highest BCUT2D eigenvalue weighted by Crippen LogP contribution is 2.36. The summed E-state index contributed by atoms with van der Waals surface area (Å²) in [6.07, 6.45) is 3.90. The SMILES string of the molecule is C=C[C@H](C1CCOCC1)n1c(C)c(C(=O)NCc2c(OC)cc(C)[nH]c2=O)c2ccccc21. The van der Waals surface area contributed by atoms with Crippen molar-refractivity contribution in [1.29, 1.82) is 0 Å². The Labute approximate surface area is 193 Å². The molecule has 1 aliphatic heterocycles. The van der Waals surface area contributed by atoms with E-state index >= 15 is 0 Å². The van der Waals surface area contributed by atoms with Crippen LogP contribution in [0.25, 0.3) is 10.9 Å². The number of para-hydroxylation sites is 1. The van der Waals surface area contributed by atoms with Gasteiger partial charge in [0.05, 0.1) is 30.8 Å². The first kappa shape index (κ1) is 22.9. The van der Waals surface area contributed by atoms with Crippen molar-refractivity contribution in [3.05, 3.63) is 75.9 Å². The number of methoxy groups -OCH3 is 1. The maximum atomic E-state index is 13.4. The number of nitrogens with one attached hydrogen (secondary N) is 2. The number of benzene rings is 1. The Morgan fingerprint density at radius 1 is 1.33 bits per heavy atom. The summed E-state index contributed by atoms with van der Waals surface area (Å²) in [7, 11) is 1.52. The summed E-state index contributed by atoms with van der Waals surface area (Å²) in [4.78, 5) is 28.6. The zero-order chi connectivity index (χ0) is 23.5. The lowest BCUT2D eigenvalue weighted by molar-refractivity contribution is 0.0555. The third-order valence-electron chi connectivity index (χ3n) is 6.55. The van der Waals surface area contributed by atoms with Crippen molar-refractivity contribution >= 4 is 16.8 Å². The van der Waals surface area contributed by atoms with Crippen LogP contribution in [0.2, 0.25) is 0 Å². The number of nitrogens with zero attached hydrogens (tertiary/aromatic N) is 1. The first-order chi connectivity index (χ1) is 16.0. The third kappa shape index (κ3) is 4.33. The number of aromatic amines is 1. The summed E-state index contributed by atoms with van der Waals surface area (Å²) in [5, 5.41) is 3.82. The molecule has 2 aromatic heterocycles. The van der Waals surface area contributed by atoms with E-state index in [0.717, 1.165) is 42.7 Å². The highest BCUT2D eigenvalue weighted by Gasteiger charge is 2.28. The van der Waals surface area contributed by atoms with Gasteiger partial charge in [-0.25, -0.2) is 0 Å². The Bertz CT molecular complexity index is 1230. The molecule has 3 heterocycles. The number of hydrogen-bond acceptors (Lipinski definition) is 4. The predicted octanol–water partition coefficient (Wildman–Crippen LogP) is 4.04. The molecule has 174 valence electrons. The first-order valence-electron chi connectivity index (χ1n) is 11.3. The van der Waals surface area contributed by atoms with E-state index in [0.29, 0.717) is 28.5 Å². The van der Waals surface area contributed by atoms with Gasteiger partial charge in [-0.15, -0.1) is 6.58 Å². The number of aromatic nitrogens is 2. The van der Waals surface area contributed by atoms with E-state index in [9.17, 15) is 9.59 Å². The molecule has 1 atom stereocenters. The minimum absolute atomic E-state index is 0.0698. The molecule has 4 rings (SSSR count). The lowest BCUT2D eigenvalue weighted by Crippen LogP contribution is -2.28. The van der Waals surface area contributed by atoms with Crippen LogP contribution < -0.4 is 15.6 Å². The molecule has 0 saturated carbocycles. The van der Waals surface area contributed by atoms with Crippen molar-refractivity contribution in [2.75, 3.05) is 20.3 Å². The summed E-state index contributed by atoms with van der Waals surface area (Å²) in [6, 6.07) is 9.76. The van der Waals surface area contributed by atoms with Crippen molar-refractivity contribution < 1.29 is 14.3 Å². The Kier molecular flexibility index (Phi) is 6.70. The van der Waals surface area contributed by atoms with E-state index in [1.165, 1.54) is 7.11 Å². The number of hydrogen-bond donors (Lipinski definition) is 2. The van der Waals surface area contributed by atoms with Crippen molar-refractivity contribution in [3.63, 3.8) is 0 Å². The molecule has 1 saturated heterocycles. The van der Waals surface area contributed by atoms with Crippen LogP contribution in [0.3, 0.4) is 0 Å². The minimum Gasteiger partial charge on any atom is -0.496 e. The largest absolute Gasteiger partial charge is 0.496 e. The molecule has 0 bridgehead atoms. The van der Waals surface area contributed by atoms with Gasteiger partial charge in [0.25, 0.3) is 11.5 Å². The summed E-state index contributed by atoms with van der Waals surface area (Å²) < 4.78 is 13.1. The van der Waals surface area contributed by atoms with Crippen molar-refractivity contribution in [2.45, 2.75) is 39.3 Å². The zero-order valence-corrected chi connectivity index (χ0v) is 19.4. The summed E-state index contributed by atoms with van der Waals surface area (Å²) >= 11 is 0. The second kappa shape index (κ2) is 9.67. The Morgan fingerprint density at radius 2 is 2.06 bits per heavy atom. The Balaban J connectivity index is 1.70. The van der Waals surface area contributed by atoms with Crippen LogP contribution in [0.1, 0.15) is 46.2 Å². The van der Waals surface area contributed by atoms with Crippen LogP contribution in [0.5, 0.6) is 5.75 Å². The van der Waals surface area contributed by atoms with Gasteiger partial charge in [-0.2, -0.15) is 0 Å². The number of fused-ring (bicyclic) bond motifs is 1. The molecule has 33 heavy (non-hydrogen) atoms. The number of amides is 1. The molecule has 1 aromatic carbocycles. The van der Waals surface area contributed by atoms with Crippen LogP contribution in [-0.2, 0) is 11.3 Å². The average molecular weight is 450 g/mol. The topological polar surface area (TPSA) is 85.3 Å². The lowest BCUT2D eigenvalue weighted by atomic mass is 9.91.